The normalized spacial score (nSPS) is 10.1. The number of nitrogens with zero attached hydrogens (tertiary/aromatic N) is 1. The molecule has 4 heteroatoms. The molecule has 3 aromatic rings. The summed E-state index contributed by atoms with van der Waals surface area (Å²) in [4.78, 5) is 4.29. The van der Waals surface area contributed by atoms with E-state index in [0.717, 1.165) is 9.86 Å². The molecule has 104 valence electrons. The van der Waals surface area contributed by atoms with Crippen LogP contribution in [0.2, 0.25) is 0 Å². The quantitative estimate of drug-likeness (QED) is 0.699. The van der Waals surface area contributed by atoms with Crippen LogP contribution in [0.25, 0.3) is 10.2 Å². The van der Waals surface area contributed by atoms with E-state index in [1.54, 1.807) is 11.3 Å². The zero-order valence-corrected chi connectivity index (χ0v) is 13.1. The Balaban J connectivity index is 0.000000151. The molecule has 1 heterocycles. The Morgan fingerprint density at radius 2 is 1.75 bits per heavy atom. The predicted octanol–water partition coefficient (Wildman–Crippen LogP) is 4.90. The summed E-state index contributed by atoms with van der Waals surface area (Å²) in [5.41, 5.74) is 2.48. The van der Waals surface area contributed by atoms with Gasteiger partial charge in [0, 0.05) is 0 Å². The highest BCUT2D eigenvalue weighted by Gasteiger charge is 1.99. The largest absolute Gasteiger partial charge is 0.272 e. The summed E-state index contributed by atoms with van der Waals surface area (Å²) >= 11 is 2.83. The molecule has 0 fully saturated rings. The maximum Gasteiger partial charge on any atom is 0.165 e. The average Bonchev–Trinajstić information content (AvgIpc) is 2.92. The zero-order valence-electron chi connectivity index (χ0n) is 11.5. The van der Waals surface area contributed by atoms with Crippen molar-refractivity contribution in [3.8, 4) is 0 Å². The smallest absolute Gasteiger partial charge is 0.165 e. The Kier molecular flexibility index (Phi) is 6.05. The van der Waals surface area contributed by atoms with Crippen LogP contribution in [0.5, 0.6) is 0 Å². The fourth-order valence-electron chi connectivity index (χ4n) is 1.83. The molecule has 0 saturated carbocycles. The van der Waals surface area contributed by atoms with Crippen molar-refractivity contribution >= 4 is 33.5 Å². The van der Waals surface area contributed by atoms with Crippen LogP contribution in [-0.2, 0) is 6.42 Å². The second-order valence-electron chi connectivity index (χ2n) is 4.30. The van der Waals surface area contributed by atoms with E-state index in [-0.39, 0.29) is 0 Å². The average molecular weight is 302 g/mol. The molecule has 0 bridgehead atoms. The summed E-state index contributed by atoms with van der Waals surface area (Å²) in [5.74, 6) is 0. The van der Waals surface area contributed by atoms with Gasteiger partial charge in [0.2, 0.25) is 0 Å². The minimum absolute atomic E-state index is 0.922. The van der Waals surface area contributed by atoms with Crippen LogP contribution in [0.3, 0.4) is 0 Å². The molecule has 0 radical (unpaired) electrons. The van der Waals surface area contributed by atoms with E-state index >= 15 is 0 Å². The monoisotopic (exact) mass is 302 g/mol. The Bertz CT molecular complexity index is 602. The number of nitrogens with two attached hydrogens (primary N) is 1. The number of benzene rings is 2. The third-order valence-corrected chi connectivity index (χ3v) is 4.42. The molecule has 0 unspecified atom stereocenters. The lowest BCUT2D eigenvalue weighted by Gasteiger charge is -1.93. The third-order valence-electron chi connectivity index (χ3n) is 2.76. The Labute approximate surface area is 128 Å². The van der Waals surface area contributed by atoms with Crippen molar-refractivity contribution in [3.05, 3.63) is 60.2 Å². The van der Waals surface area contributed by atoms with E-state index in [1.165, 1.54) is 35.1 Å². The number of aryl methyl sites for hydroxylation is 1. The zero-order chi connectivity index (χ0) is 14.2. The first-order chi connectivity index (χ1) is 9.83. The van der Waals surface area contributed by atoms with Crippen molar-refractivity contribution in [1.82, 2.24) is 4.98 Å². The maximum atomic E-state index is 5.38. The van der Waals surface area contributed by atoms with E-state index in [9.17, 15) is 0 Å². The van der Waals surface area contributed by atoms with Crippen LogP contribution in [-0.4, -0.2) is 4.98 Å². The Morgan fingerprint density at radius 1 is 1.05 bits per heavy atom. The topological polar surface area (TPSA) is 38.9 Å². The summed E-state index contributed by atoms with van der Waals surface area (Å²) in [5, 5.41) is 5.38. The summed E-state index contributed by atoms with van der Waals surface area (Å²) in [6.07, 6.45) is 2.45. The molecule has 0 aliphatic carbocycles. The van der Waals surface area contributed by atoms with Gasteiger partial charge in [0.15, 0.2) is 4.34 Å². The summed E-state index contributed by atoms with van der Waals surface area (Å²) in [7, 11) is 0. The first-order valence-corrected chi connectivity index (χ1v) is 8.29. The van der Waals surface area contributed by atoms with Gasteiger partial charge in [0.1, 0.15) is 0 Å². The Hall–Kier alpha value is -1.36. The summed E-state index contributed by atoms with van der Waals surface area (Å²) < 4.78 is 2.12. The molecule has 3 rings (SSSR count). The highest BCUT2D eigenvalue weighted by molar-refractivity contribution is 7.99. The molecular weight excluding hydrogens is 284 g/mol. The molecule has 2 nitrogen and oxygen atoms in total. The number of fused-ring (bicyclic) bond motifs is 1. The standard InChI is InChI=1S/C9H12.C7H6N2S2/c1-2-6-9-7-4-3-5-8-9;8-11-7-9-5-3-1-2-4-6(5)10-7/h3-5,7-8H,2,6H2,1H3;1-4H,8H2. The van der Waals surface area contributed by atoms with Crippen LogP contribution < -0.4 is 5.14 Å². The first kappa shape index (κ1) is 15.0. The van der Waals surface area contributed by atoms with Gasteiger partial charge in [-0.1, -0.05) is 55.8 Å². The van der Waals surface area contributed by atoms with E-state index in [2.05, 4.69) is 42.2 Å². The van der Waals surface area contributed by atoms with Gasteiger partial charge in [0.25, 0.3) is 0 Å². The van der Waals surface area contributed by atoms with Crippen molar-refractivity contribution in [1.29, 1.82) is 0 Å². The van der Waals surface area contributed by atoms with Crippen molar-refractivity contribution in [2.45, 2.75) is 24.1 Å². The fourth-order valence-corrected chi connectivity index (χ4v) is 3.14. The molecule has 0 saturated heterocycles. The second-order valence-corrected chi connectivity index (χ2v) is 6.21. The molecule has 0 aliphatic rings. The minimum atomic E-state index is 0.922. The van der Waals surface area contributed by atoms with E-state index in [0.29, 0.717) is 0 Å². The van der Waals surface area contributed by atoms with Crippen LogP contribution in [0, 0.1) is 0 Å². The summed E-state index contributed by atoms with van der Waals surface area (Å²) in [6, 6.07) is 18.6. The molecule has 0 spiro atoms. The minimum Gasteiger partial charge on any atom is -0.272 e. The van der Waals surface area contributed by atoms with Gasteiger partial charge in [-0.15, -0.1) is 11.3 Å². The van der Waals surface area contributed by atoms with E-state index in [4.69, 9.17) is 5.14 Å². The lowest BCUT2D eigenvalue weighted by molar-refractivity contribution is 0.922. The highest BCUT2D eigenvalue weighted by atomic mass is 32.2. The number of para-hydroxylation sites is 1. The van der Waals surface area contributed by atoms with Gasteiger partial charge in [-0.2, -0.15) is 0 Å². The molecule has 0 aliphatic heterocycles. The van der Waals surface area contributed by atoms with Crippen molar-refractivity contribution in [2.24, 2.45) is 5.14 Å². The van der Waals surface area contributed by atoms with Crippen LogP contribution in [0.1, 0.15) is 18.9 Å². The first-order valence-electron chi connectivity index (χ1n) is 6.59. The lowest BCUT2D eigenvalue weighted by atomic mass is 10.1. The van der Waals surface area contributed by atoms with Crippen LogP contribution in [0.4, 0.5) is 0 Å². The van der Waals surface area contributed by atoms with Gasteiger partial charge < -0.3 is 0 Å². The molecule has 2 N–H and O–H groups in total. The molecule has 0 amide bonds. The number of aromatic nitrogens is 1. The van der Waals surface area contributed by atoms with Gasteiger partial charge in [-0.05, 0) is 36.1 Å². The van der Waals surface area contributed by atoms with Crippen molar-refractivity contribution in [2.75, 3.05) is 0 Å². The number of thiazole rings is 1. The number of rotatable bonds is 3. The van der Waals surface area contributed by atoms with Crippen LogP contribution in [0.15, 0.2) is 58.9 Å². The van der Waals surface area contributed by atoms with Crippen molar-refractivity contribution in [3.63, 3.8) is 0 Å². The fraction of sp³-hybridized carbons (Fsp3) is 0.188. The molecule has 1 aromatic heterocycles. The second kappa shape index (κ2) is 8.04. The van der Waals surface area contributed by atoms with Crippen molar-refractivity contribution < 1.29 is 0 Å². The molecular formula is C16H18N2S2. The number of hydrogen-bond acceptors (Lipinski definition) is 4. The van der Waals surface area contributed by atoms with Gasteiger partial charge >= 0.3 is 0 Å². The van der Waals surface area contributed by atoms with Gasteiger partial charge in [-0.3, -0.25) is 5.14 Å². The predicted molar refractivity (Wildman–Crippen MR) is 90.1 cm³/mol. The maximum absolute atomic E-state index is 5.38. The Morgan fingerprint density at radius 3 is 2.40 bits per heavy atom. The molecule has 2 aromatic carbocycles. The van der Waals surface area contributed by atoms with Gasteiger partial charge in [-0.25, -0.2) is 4.98 Å². The van der Waals surface area contributed by atoms with Crippen LogP contribution >= 0.6 is 23.3 Å². The SMILES string of the molecule is CCCc1ccccc1.NSc1nc2ccccc2s1. The van der Waals surface area contributed by atoms with E-state index in [1.807, 2.05) is 24.3 Å². The van der Waals surface area contributed by atoms with Gasteiger partial charge in [0.05, 0.1) is 10.2 Å². The number of hydrogen-bond donors (Lipinski definition) is 1. The molecule has 20 heavy (non-hydrogen) atoms. The molecule has 0 atom stereocenters. The third kappa shape index (κ3) is 4.34. The van der Waals surface area contributed by atoms with E-state index < -0.39 is 0 Å². The lowest BCUT2D eigenvalue weighted by Crippen LogP contribution is -1.78. The highest BCUT2D eigenvalue weighted by Crippen LogP contribution is 2.25. The summed E-state index contributed by atoms with van der Waals surface area (Å²) in [6.45, 7) is 2.20.